The SMILES string of the molecule is CCOc1ccc2c(c1)NC(C(=O)O)C2. The van der Waals surface area contributed by atoms with Gasteiger partial charge in [0, 0.05) is 18.2 Å². The van der Waals surface area contributed by atoms with E-state index < -0.39 is 12.0 Å². The number of carboxylic acids is 1. The molecule has 2 rings (SSSR count). The highest BCUT2D eigenvalue weighted by Gasteiger charge is 2.26. The van der Waals surface area contributed by atoms with Gasteiger partial charge in [0.2, 0.25) is 0 Å². The molecule has 0 saturated heterocycles. The molecule has 0 fully saturated rings. The van der Waals surface area contributed by atoms with Crippen molar-refractivity contribution in [2.24, 2.45) is 0 Å². The van der Waals surface area contributed by atoms with Crippen molar-refractivity contribution < 1.29 is 14.6 Å². The summed E-state index contributed by atoms with van der Waals surface area (Å²) in [5, 5.41) is 11.8. The third-order valence-electron chi connectivity index (χ3n) is 2.44. The summed E-state index contributed by atoms with van der Waals surface area (Å²) in [6.45, 7) is 2.53. The lowest BCUT2D eigenvalue weighted by molar-refractivity contribution is -0.137. The van der Waals surface area contributed by atoms with Crippen LogP contribution in [0.5, 0.6) is 5.75 Å². The van der Waals surface area contributed by atoms with Crippen LogP contribution in [0.4, 0.5) is 5.69 Å². The number of hydrogen-bond acceptors (Lipinski definition) is 3. The Morgan fingerprint density at radius 2 is 2.47 bits per heavy atom. The van der Waals surface area contributed by atoms with Gasteiger partial charge in [-0.1, -0.05) is 6.07 Å². The molecule has 0 aromatic heterocycles. The number of fused-ring (bicyclic) bond motifs is 1. The molecule has 1 atom stereocenters. The van der Waals surface area contributed by atoms with Crippen LogP contribution < -0.4 is 10.1 Å². The minimum Gasteiger partial charge on any atom is -0.494 e. The summed E-state index contributed by atoms with van der Waals surface area (Å²) >= 11 is 0. The van der Waals surface area contributed by atoms with Crippen LogP contribution in [-0.4, -0.2) is 23.7 Å². The van der Waals surface area contributed by atoms with Crippen LogP contribution in [0.3, 0.4) is 0 Å². The molecule has 0 amide bonds. The summed E-state index contributed by atoms with van der Waals surface area (Å²) in [6.07, 6.45) is 0.539. The summed E-state index contributed by atoms with van der Waals surface area (Å²) in [5.41, 5.74) is 1.90. The second-order valence-corrected chi connectivity index (χ2v) is 3.49. The predicted molar refractivity (Wildman–Crippen MR) is 56.4 cm³/mol. The molecule has 1 aliphatic rings. The molecule has 0 saturated carbocycles. The molecular weight excluding hydrogens is 194 g/mol. The van der Waals surface area contributed by atoms with Gasteiger partial charge in [0.05, 0.1) is 6.61 Å². The second-order valence-electron chi connectivity index (χ2n) is 3.49. The maximum Gasteiger partial charge on any atom is 0.326 e. The van der Waals surface area contributed by atoms with Crippen molar-refractivity contribution in [3.8, 4) is 5.75 Å². The molecule has 0 aliphatic carbocycles. The maximum atomic E-state index is 10.8. The van der Waals surface area contributed by atoms with Gasteiger partial charge in [0.25, 0.3) is 0 Å². The van der Waals surface area contributed by atoms with E-state index in [1.165, 1.54) is 0 Å². The largest absolute Gasteiger partial charge is 0.494 e. The Morgan fingerprint density at radius 1 is 1.67 bits per heavy atom. The lowest BCUT2D eigenvalue weighted by Gasteiger charge is -2.06. The van der Waals surface area contributed by atoms with E-state index in [1.54, 1.807) is 0 Å². The topological polar surface area (TPSA) is 58.6 Å². The highest BCUT2D eigenvalue weighted by Crippen LogP contribution is 2.29. The fourth-order valence-corrected chi connectivity index (χ4v) is 1.73. The fraction of sp³-hybridized carbons (Fsp3) is 0.364. The number of nitrogens with one attached hydrogen (secondary N) is 1. The summed E-state index contributed by atoms with van der Waals surface area (Å²) in [5.74, 6) is -0.0426. The molecule has 1 heterocycles. The first-order chi connectivity index (χ1) is 7.20. The van der Waals surface area contributed by atoms with E-state index in [1.807, 2.05) is 25.1 Å². The molecule has 15 heavy (non-hydrogen) atoms. The van der Waals surface area contributed by atoms with Gasteiger partial charge in [-0.05, 0) is 18.6 Å². The minimum absolute atomic E-state index is 0.503. The van der Waals surface area contributed by atoms with Crippen molar-refractivity contribution in [3.63, 3.8) is 0 Å². The van der Waals surface area contributed by atoms with Crippen molar-refractivity contribution >= 4 is 11.7 Å². The first-order valence-electron chi connectivity index (χ1n) is 4.95. The van der Waals surface area contributed by atoms with E-state index in [2.05, 4.69) is 5.32 Å². The first-order valence-corrected chi connectivity index (χ1v) is 4.95. The highest BCUT2D eigenvalue weighted by atomic mass is 16.5. The Bertz CT molecular complexity index is 389. The predicted octanol–water partition coefficient (Wildman–Crippen LogP) is 1.51. The number of ether oxygens (including phenoxy) is 1. The van der Waals surface area contributed by atoms with E-state index in [0.29, 0.717) is 13.0 Å². The lowest BCUT2D eigenvalue weighted by atomic mass is 10.1. The lowest BCUT2D eigenvalue weighted by Crippen LogP contribution is -2.26. The zero-order valence-corrected chi connectivity index (χ0v) is 8.49. The summed E-state index contributed by atoms with van der Waals surface area (Å²) in [6, 6.07) is 5.13. The van der Waals surface area contributed by atoms with Gasteiger partial charge in [-0.3, -0.25) is 0 Å². The number of aliphatic carboxylic acids is 1. The molecule has 80 valence electrons. The Morgan fingerprint density at radius 3 is 3.13 bits per heavy atom. The third kappa shape index (κ3) is 1.88. The molecule has 1 aromatic carbocycles. The second kappa shape index (κ2) is 3.81. The van der Waals surface area contributed by atoms with Crippen LogP contribution in [0.1, 0.15) is 12.5 Å². The number of anilines is 1. The Labute approximate surface area is 87.9 Å². The van der Waals surface area contributed by atoms with Gasteiger partial charge in [0.15, 0.2) is 0 Å². The number of hydrogen-bond donors (Lipinski definition) is 2. The van der Waals surface area contributed by atoms with Gasteiger partial charge in [-0.15, -0.1) is 0 Å². The number of benzene rings is 1. The van der Waals surface area contributed by atoms with Crippen LogP contribution in [0.15, 0.2) is 18.2 Å². The van der Waals surface area contributed by atoms with Gasteiger partial charge in [-0.25, -0.2) is 4.79 Å². The summed E-state index contributed by atoms with van der Waals surface area (Å²) < 4.78 is 5.34. The average molecular weight is 207 g/mol. The Kier molecular flexibility index (Phi) is 2.49. The van der Waals surface area contributed by atoms with Crippen LogP contribution in [0.2, 0.25) is 0 Å². The van der Waals surface area contributed by atoms with E-state index in [0.717, 1.165) is 17.0 Å². The zero-order valence-electron chi connectivity index (χ0n) is 8.49. The van der Waals surface area contributed by atoms with Crippen molar-refractivity contribution in [2.75, 3.05) is 11.9 Å². The van der Waals surface area contributed by atoms with Crippen molar-refractivity contribution in [2.45, 2.75) is 19.4 Å². The fourth-order valence-electron chi connectivity index (χ4n) is 1.73. The monoisotopic (exact) mass is 207 g/mol. The van der Waals surface area contributed by atoms with Crippen molar-refractivity contribution in [1.82, 2.24) is 0 Å². The number of carboxylic acid groups (broad SMARTS) is 1. The molecule has 0 spiro atoms. The van der Waals surface area contributed by atoms with Gasteiger partial charge >= 0.3 is 5.97 Å². The average Bonchev–Trinajstić information content (AvgIpc) is 2.61. The molecule has 2 N–H and O–H groups in total. The maximum absolute atomic E-state index is 10.8. The van der Waals surface area contributed by atoms with Gasteiger partial charge in [-0.2, -0.15) is 0 Å². The molecule has 4 nitrogen and oxygen atoms in total. The zero-order chi connectivity index (χ0) is 10.8. The van der Waals surface area contributed by atoms with E-state index in [4.69, 9.17) is 9.84 Å². The van der Waals surface area contributed by atoms with Crippen LogP contribution in [0.25, 0.3) is 0 Å². The quantitative estimate of drug-likeness (QED) is 0.788. The van der Waals surface area contributed by atoms with Crippen LogP contribution in [-0.2, 0) is 11.2 Å². The molecule has 1 unspecified atom stereocenters. The normalized spacial score (nSPS) is 18.1. The number of rotatable bonds is 3. The number of carbonyl (C=O) groups is 1. The Hall–Kier alpha value is -1.71. The van der Waals surface area contributed by atoms with Crippen molar-refractivity contribution in [1.29, 1.82) is 0 Å². The van der Waals surface area contributed by atoms with E-state index in [9.17, 15) is 4.79 Å². The Balaban J connectivity index is 2.20. The molecule has 0 bridgehead atoms. The van der Waals surface area contributed by atoms with E-state index in [-0.39, 0.29) is 0 Å². The third-order valence-corrected chi connectivity index (χ3v) is 2.44. The summed E-state index contributed by atoms with van der Waals surface area (Å²) in [4.78, 5) is 10.8. The molecular formula is C11H13NO3. The molecule has 4 heteroatoms. The van der Waals surface area contributed by atoms with E-state index >= 15 is 0 Å². The highest BCUT2D eigenvalue weighted by molar-refractivity contribution is 5.81. The smallest absolute Gasteiger partial charge is 0.326 e. The minimum atomic E-state index is -0.816. The molecule has 1 aromatic rings. The van der Waals surface area contributed by atoms with Crippen LogP contribution in [0, 0.1) is 0 Å². The molecule has 1 aliphatic heterocycles. The first kappa shape index (κ1) is 9.83. The van der Waals surface area contributed by atoms with Gasteiger partial charge in [0.1, 0.15) is 11.8 Å². The van der Waals surface area contributed by atoms with Gasteiger partial charge < -0.3 is 15.2 Å². The standard InChI is InChI=1S/C11H13NO3/c1-2-15-8-4-3-7-5-10(11(13)14)12-9(7)6-8/h3-4,6,10,12H,2,5H2,1H3,(H,13,14). The van der Waals surface area contributed by atoms with Crippen molar-refractivity contribution in [3.05, 3.63) is 23.8 Å². The summed E-state index contributed by atoms with van der Waals surface area (Å²) in [7, 11) is 0. The van der Waals surface area contributed by atoms with Crippen LogP contribution >= 0.6 is 0 Å². The molecule has 0 radical (unpaired) electrons.